The molecular formula is C21H18Cl2FN3O. The zero-order chi connectivity index (χ0) is 19.7. The second-order valence-electron chi connectivity index (χ2n) is 6.85. The van der Waals surface area contributed by atoms with Gasteiger partial charge in [0.2, 0.25) is 0 Å². The molecule has 0 atom stereocenters. The van der Waals surface area contributed by atoms with E-state index in [0.717, 1.165) is 25.9 Å². The number of likely N-dealkylation sites (tertiary alicyclic amines) is 1. The minimum Gasteiger partial charge on any atom is -0.296 e. The van der Waals surface area contributed by atoms with Gasteiger partial charge in [0, 0.05) is 11.8 Å². The van der Waals surface area contributed by atoms with Gasteiger partial charge in [-0.1, -0.05) is 35.3 Å². The lowest BCUT2D eigenvalue weighted by atomic mass is 10.1. The van der Waals surface area contributed by atoms with E-state index in [9.17, 15) is 9.18 Å². The van der Waals surface area contributed by atoms with Gasteiger partial charge in [0.05, 0.1) is 27.8 Å². The molecule has 0 aliphatic carbocycles. The Morgan fingerprint density at radius 1 is 1.07 bits per heavy atom. The minimum atomic E-state index is -0.367. The van der Waals surface area contributed by atoms with Gasteiger partial charge in [-0.05, 0) is 56.3 Å². The van der Waals surface area contributed by atoms with Crippen molar-refractivity contribution >= 4 is 29.0 Å². The van der Waals surface area contributed by atoms with Crippen molar-refractivity contribution in [2.45, 2.75) is 12.8 Å². The molecule has 0 saturated carbocycles. The monoisotopic (exact) mass is 417 g/mol. The van der Waals surface area contributed by atoms with Crippen molar-refractivity contribution in [3.63, 3.8) is 0 Å². The van der Waals surface area contributed by atoms with Gasteiger partial charge in [0.15, 0.2) is 5.78 Å². The topological polar surface area (TPSA) is 38.1 Å². The van der Waals surface area contributed by atoms with Gasteiger partial charge in [0.25, 0.3) is 0 Å². The van der Waals surface area contributed by atoms with Gasteiger partial charge in [-0.3, -0.25) is 9.69 Å². The molecule has 2 heterocycles. The number of rotatable bonds is 5. The van der Waals surface area contributed by atoms with Crippen LogP contribution in [0.4, 0.5) is 4.39 Å². The van der Waals surface area contributed by atoms with Crippen molar-refractivity contribution < 1.29 is 9.18 Å². The second-order valence-corrected chi connectivity index (χ2v) is 7.67. The van der Waals surface area contributed by atoms with Crippen LogP contribution < -0.4 is 0 Å². The Balaban J connectivity index is 1.77. The smallest absolute Gasteiger partial charge is 0.180 e. The van der Waals surface area contributed by atoms with E-state index in [2.05, 4.69) is 10.00 Å². The van der Waals surface area contributed by atoms with Crippen molar-refractivity contribution in [1.82, 2.24) is 14.7 Å². The number of hydrogen-bond donors (Lipinski definition) is 0. The Morgan fingerprint density at radius 3 is 2.57 bits per heavy atom. The summed E-state index contributed by atoms with van der Waals surface area (Å²) in [5.41, 5.74) is 2.22. The molecule has 1 aliphatic rings. The van der Waals surface area contributed by atoms with Gasteiger partial charge in [0.1, 0.15) is 11.5 Å². The highest BCUT2D eigenvalue weighted by molar-refractivity contribution is 6.42. The van der Waals surface area contributed by atoms with Crippen molar-refractivity contribution in [3.05, 3.63) is 70.1 Å². The average molecular weight is 418 g/mol. The van der Waals surface area contributed by atoms with Gasteiger partial charge < -0.3 is 0 Å². The lowest BCUT2D eigenvalue weighted by Crippen LogP contribution is -2.26. The van der Waals surface area contributed by atoms with Crippen LogP contribution in [0.3, 0.4) is 0 Å². The van der Waals surface area contributed by atoms with E-state index >= 15 is 0 Å². The minimum absolute atomic E-state index is 0.0226. The molecule has 4 rings (SSSR count). The molecule has 3 aromatic rings. The summed E-state index contributed by atoms with van der Waals surface area (Å²) < 4.78 is 15.2. The van der Waals surface area contributed by atoms with E-state index in [1.165, 1.54) is 16.8 Å². The van der Waals surface area contributed by atoms with Gasteiger partial charge >= 0.3 is 0 Å². The molecule has 0 bridgehead atoms. The quantitative estimate of drug-likeness (QED) is 0.531. The number of carbonyl (C=O) groups excluding carboxylic acids is 1. The van der Waals surface area contributed by atoms with E-state index in [-0.39, 0.29) is 11.6 Å². The lowest BCUT2D eigenvalue weighted by Gasteiger charge is -2.13. The maximum absolute atomic E-state index is 13.7. The Morgan fingerprint density at radius 2 is 1.86 bits per heavy atom. The summed E-state index contributed by atoms with van der Waals surface area (Å²) in [6.07, 6.45) is 3.87. The van der Waals surface area contributed by atoms with Crippen LogP contribution in [0.1, 0.15) is 23.2 Å². The largest absolute Gasteiger partial charge is 0.296 e. The number of hydrogen-bond acceptors (Lipinski definition) is 3. The van der Waals surface area contributed by atoms with Crippen molar-refractivity contribution in [1.29, 1.82) is 0 Å². The SMILES string of the molecule is O=C(CN1CCCC1)c1cn(-c2cccc(F)c2)nc1-c1ccc(Cl)c(Cl)c1. The Bertz CT molecular complexity index is 1030. The summed E-state index contributed by atoms with van der Waals surface area (Å²) in [6, 6.07) is 11.2. The molecule has 0 N–H and O–H groups in total. The van der Waals surface area contributed by atoms with Crippen molar-refractivity contribution in [2.24, 2.45) is 0 Å². The third-order valence-corrected chi connectivity index (χ3v) is 5.59. The Labute approximate surface area is 172 Å². The highest BCUT2D eigenvalue weighted by Crippen LogP contribution is 2.30. The molecule has 0 amide bonds. The van der Waals surface area contributed by atoms with Gasteiger partial charge in [-0.2, -0.15) is 5.10 Å². The summed E-state index contributed by atoms with van der Waals surface area (Å²) >= 11 is 12.2. The first-order valence-electron chi connectivity index (χ1n) is 9.08. The third kappa shape index (κ3) is 3.97. The Kier molecular flexibility index (Phi) is 5.49. The standard InChI is InChI=1S/C21H18Cl2FN3O/c22-18-7-6-14(10-19(18)23)21-17(20(28)13-26-8-1-2-9-26)12-27(25-21)16-5-3-4-15(24)11-16/h3-7,10-12H,1-2,8-9,13H2. The molecule has 1 aliphatic heterocycles. The number of aromatic nitrogens is 2. The zero-order valence-electron chi connectivity index (χ0n) is 15.0. The van der Waals surface area contributed by atoms with Crippen LogP contribution in [0.2, 0.25) is 10.0 Å². The first-order valence-corrected chi connectivity index (χ1v) is 9.83. The number of halogens is 3. The van der Waals surface area contributed by atoms with E-state index < -0.39 is 0 Å². The number of carbonyl (C=O) groups is 1. The highest BCUT2D eigenvalue weighted by Gasteiger charge is 2.22. The van der Waals surface area contributed by atoms with Crippen LogP contribution in [0, 0.1) is 5.82 Å². The predicted molar refractivity (Wildman–Crippen MR) is 109 cm³/mol. The van der Waals surface area contributed by atoms with Gasteiger partial charge in [-0.15, -0.1) is 0 Å². The zero-order valence-corrected chi connectivity index (χ0v) is 16.5. The van der Waals surface area contributed by atoms with Crippen LogP contribution in [-0.2, 0) is 0 Å². The van der Waals surface area contributed by atoms with E-state index in [1.54, 1.807) is 36.5 Å². The second kappa shape index (κ2) is 8.03. The molecule has 4 nitrogen and oxygen atoms in total. The Hall–Kier alpha value is -2.21. The lowest BCUT2D eigenvalue weighted by molar-refractivity contribution is 0.0946. The van der Waals surface area contributed by atoms with E-state index in [1.807, 2.05) is 0 Å². The number of Topliss-reactive ketones (excluding diaryl/α,β-unsaturated/α-hetero) is 1. The molecule has 144 valence electrons. The summed E-state index contributed by atoms with van der Waals surface area (Å²) in [5, 5.41) is 5.38. The molecule has 2 aromatic carbocycles. The normalized spacial score (nSPS) is 14.5. The molecule has 1 aromatic heterocycles. The highest BCUT2D eigenvalue weighted by atomic mass is 35.5. The number of benzene rings is 2. The number of nitrogens with zero attached hydrogens (tertiary/aromatic N) is 3. The maximum Gasteiger partial charge on any atom is 0.180 e. The first kappa shape index (κ1) is 19.1. The molecule has 0 spiro atoms. The predicted octanol–water partition coefficient (Wildman–Crippen LogP) is 5.26. The maximum atomic E-state index is 13.7. The fourth-order valence-electron chi connectivity index (χ4n) is 3.41. The molecule has 7 heteroatoms. The molecule has 0 radical (unpaired) electrons. The summed E-state index contributed by atoms with van der Waals surface area (Å²) in [5.74, 6) is -0.389. The molecule has 1 fully saturated rings. The fraction of sp³-hybridized carbons (Fsp3) is 0.238. The van der Waals surface area contributed by atoms with Crippen LogP contribution in [0.25, 0.3) is 16.9 Å². The van der Waals surface area contributed by atoms with Crippen LogP contribution in [0.15, 0.2) is 48.7 Å². The molecule has 1 saturated heterocycles. The molecule has 0 unspecified atom stereocenters. The fourth-order valence-corrected chi connectivity index (χ4v) is 3.71. The third-order valence-electron chi connectivity index (χ3n) is 4.85. The van der Waals surface area contributed by atoms with E-state index in [0.29, 0.717) is 39.1 Å². The average Bonchev–Trinajstić information content (AvgIpc) is 3.34. The van der Waals surface area contributed by atoms with Crippen LogP contribution in [0.5, 0.6) is 0 Å². The van der Waals surface area contributed by atoms with Crippen molar-refractivity contribution in [2.75, 3.05) is 19.6 Å². The van der Waals surface area contributed by atoms with Gasteiger partial charge in [-0.25, -0.2) is 9.07 Å². The summed E-state index contributed by atoms with van der Waals surface area (Å²) in [4.78, 5) is 15.2. The summed E-state index contributed by atoms with van der Waals surface area (Å²) in [7, 11) is 0. The van der Waals surface area contributed by atoms with Crippen molar-refractivity contribution in [3.8, 4) is 16.9 Å². The summed E-state index contributed by atoms with van der Waals surface area (Å²) in [6.45, 7) is 2.18. The number of ketones is 1. The van der Waals surface area contributed by atoms with Crippen LogP contribution >= 0.6 is 23.2 Å². The molecule has 28 heavy (non-hydrogen) atoms. The first-order chi connectivity index (χ1) is 13.5. The van der Waals surface area contributed by atoms with Crippen LogP contribution in [-0.4, -0.2) is 40.1 Å². The van der Waals surface area contributed by atoms with E-state index in [4.69, 9.17) is 23.2 Å². The molecular weight excluding hydrogens is 400 g/mol.